The van der Waals surface area contributed by atoms with Crippen LogP contribution in [0.15, 0.2) is 36.4 Å². The number of benzene rings is 1. The summed E-state index contributed by atoms with van der Waals surface area (Å²) in [6, 6.07) is 11.7. The molecule has 0 atom stereocenters. The third-order valence-corrected chi connectivity index (χ3v) is 5.45. The average Bonchev–Trinajstić information content (AvgIpc) is 3.10. The summed E-state index contributed by atoms with van der Waals surface area (Å²) >= 11 is 1.42. The maximum absolute atomic E-state index is 12.3. The van der Waals surface area contributed by atoms with Gasteiger partial charge in [-0.2, -0.15) is 0 Å². The summed E-state index contributed by atoms with van der Waals surface area (Å²) < 4.78 is 5.06. The number of thiophene rings is 1. The van der Waals surface area contributed by atoms with Crippen LogP contribution in [-0.4, -0.2) is 35.7 Å². The minimum atomic E-state index is -0.516. The summed E-state index contributed by atoms with van der Waals surface area (Å²) in [6.07, 6.45) is 0.903. The van der Waals surface area contributed by atoms with E-state index < -0.39 is 5.97 Å². The molecule has 1 aromatic carbocycles. The highest BCUT2D eigenvalue weighted by Crippen LogP contribution is 2.19. The Morgan fingerprint density at radius 3 is 2.58 bits per heavy atom. The van der Waals surface area contributed by atoms with Gasteiger partial charge >= 0.3 is 5.97 Å². The summed E-state index contributed by atoms with van der Waals surface area (Å²) in [5.74, 6) is -0.788. The molecule has 3 rings (SSSR count). The lowest BCUT2D eigenvalue weighted by Crippen LogP contribution is -2.38. The maximum atomic E-state index is 12.3. The molecule has 1 aliphatic rings. The topological polar surface area (TPSA) is 63.7 Å². The smallest absolute Gasteiger partial charge is 0.306 e. The fraction of sp³-hybridized carbons (Fsp3) is 0.350. The second-order valence-electron chi connectivity index (χ2n) is 6.33. The zero-order valence-corrected chi connectivity index (χ0v) is 15.5. The minimum absolute atomic E-state index is 0.00804. The maximum Gasteiger partial charge on any atom is 0.306 e. The van der Waals surface area contributed by atoms with E-state index in [9.17, 15) is 14.4 Å². The molecule has 1 amide bonds. The van der Waals surface area contributed by atoms with Crippen LogP contribution < -0.4 is 0 Å². The first-order valence-corrected chi connectivity index (χ1v) is 9.44. The van der Waals surface area contributed by atoms with Crippen molar-refractivity contribution in [3.8, 4) is 0 Å². The number of Topliss-reactive ketones (excluding diaryl/α,β-unsaturated/α-hetero) is 1. The number of rotatable bonds is 6. The molecule has 0 fully saturated rings. The van der Waals surface area contributed by atoms with Gasteiger partial charge in [0.05, 0.1) is 11.3 Å². The predicted octanol–water partition coefficient (Wildman–Crippen LogP) is 3.15. The van der Waals surface area contributed by atoms with E-state index >= 15 is 0 Å². The van der Waals surface area contributed by atoms with Gasteiger partial charge in [-0.1, -0.05) is 24.3 Å². The number of aryl methyl sites for hydroxylation is 1. The number of hydrogen-bond acceptors (Lipinski definition) is 5. The van der Waals surface area contributed by atoms with Crippen LogP contribution >= 0.6 is 11.3 Å². The molecule has 1 aromatic heterocycles. The van der Waals surface area contributed by atoms with Gasteiger partial charge in [0.15, 0.2) is 12.4 Å². The number of carbonyl (C=O) groups excluding carboxylic acids is 3. The molecule has 0 aliphatic carbocycles. The third-order valence-electron chi connectivity index (χ3n) is 4.41. The quantitative estimate of drug-likeness (QED) is 0.578. The van der Waals surface area contributed by atoms with Crippen LogP contribution in [0.25, 0.3) is 0 Å². The zero-order valence-electron chi connectivity index (χ0n) is 14.7. The molecular weight excluding hydrogens is 350 g/mol. The Morgan fingerprint density at radius 2 is 1.85 bits per heavy atom. The Bertz CT molecular complexity index is 827. The molecular formula is C20H21NO4S. The van der Waals surface area contributed by atoms with Gasteiger partial charge in [0.1, 0.15) is 0 Å². The summed E-state index contributed by atoms with van der Waals surface area (Å²) in [4.78, 5) is 39.5. The number of carbonyl (C=O) groups is 3. The Hall–Kier alpha value is -2.47. The normalized spacial score (nSPS) is 13.2. The van der Waals surface area contributed by atoms with Crippen molar-refractivity contribution in [2.24, 2.45) is 0 Å². The number of ether oxygens (including phenoxy) is 1. The molecule has 136 valence electrons. The number of ketones is 1. The van der Waals surface area contributed by atoms with Crippen LogP contribution in [0, 0.1) is 6.92 Å². The Morgan fingerprint density at radius 1 is 1.08 bits per heavy atom. The minimum Gasteiger partial charge on any atom is -0.456 e. The number of hydrogen-bond donors (Lipinski definition) is 0. The Balaban J connectivity index is 1.42. The lowest BCUT2D eigenvalue weighted by Gasteiger charge is -2.28. The van der Waals surface area contributed by atoms with E-state index in [0.717, 1.165) is 16.9 Å². The molecule has 0 radical (unpaired) electrons. The Labute approximate surface area is 156 Å². The molecule has 26 heavy (non-hydrogen) atoms. The van der Waals surface area contributed by atoms with Gasteiger partial charge in [-0.15, -0.1) is 11.3 Å². The highest BCUT2D eigenvalue weighted by Gasteiger charge is 2.21. The number of nitrogens with zero attached hydrogens (tertiary/aromatic N) is 1. The molecule has 2 aromatic rings. The van der Waals surface area contributed by atoms with Crippen molar-refractivity contribution in [1.29, 1.82) is 0 Å². The predicted molar refractivity (Wildman–Crippen MR) is 99.1 cm³/mol. The van der Waals surface area contributed by atoms with Crippen molar-refractivity contribution in [2.45, 2.75) is 32.7 Å². The van der Waals surface area contributed by atoms with Gasteiger partial charge in [0, 0.05) is 24.4 Å². The van der Waals surface area contributed by atoms with Crippen molar-refractivity contribution in [1.82, 2.24) is 4.90 Å². The Kier molecular flexibility index (Phi) is 5.83. The third kappa shape index (κ3) is 4.58. The molecule has 6 heteroatoms. The standard InChI is InChI=1S/C20H21NO4S/c1-14-6-8-18(26-14)17(22)7-9-20(24)25-13-19(23)21-11-10-15-4-2-3-5-16(15)12-21/h2-6,8H,7,9-13H2,1H3. The van der Waals surface area contributed by atoms with Crippen molar-refractivity contribution < 1.29 is 19.1 Å². The lowest BCUT2D eigenvalue weighted by atomic mass is 10.00. The first-order chi connectivity index (χ1) is 12.5. The summed E-state index contributed by atoms with van der Waals surface area (Å²) in [5.41, 5.74) is 2.39. The lowest BCUT2D eigenvalue weighted by molar-refractivity contribution is -0.152. The highest BCUT2D eigenvalue weighted by molar-refractivity contribution is 7.14. The van der Waals surface area contributed by atoms with Crippen LogP contribution in [0.4, 0.5) is 0 Å². The molecule has 5 nitrogen and oxygen atoms in total. The van der Waals surface area contributed by atoms with E-state index in [1.807, 2.05) is 31.2 Å². The van der Waals surface area contributed by atoms with Crippen LogP contribution in [0.5, 0.6) is 0 Å². The molecule has 0 bridgehead atoms. The van der Waals surface area contributed by atoms with Crippen LogP contribution in [0.1, 0.15) is 38.5 Å². The van der Waals surface area contributed by atoms with Crippen LogP contribution in [-0.2, 0) is 27.3 Å². The monoisotopic (exact) mass is 371 g/mol. The summed E-state index contributed by atoms with van der Waals surface area (Å²) in [5, 5.41) is 0. The van der Waals surface area contributed by atoms with Gasteiger partial charge < -0.3 is 9.64 Å². The van der Waals surface area contributed by atoms with Gasteiger partial charge in [-0.3, -0.25) is 14.4 Å². The number of fused-ring (bicyclic) bond motifs is 1. The molecule has 2 heterocycles. The first-order valence-electron chi connectivity index (χ1n) is 8.63. The fourth-order valence-electron chi connectivity index (χ4n) is 2.94. The van der Waals surface area contributed by atoms with E-state index in [4.69, 9.17) is 4.74 Å². The van der Waals surface area contributed by atoms with E-state index in [1.54, 1.807) is 11.0 Å². The van der Waals surface area contributed by atoms with Gasteiger partial charge in [-0.25, -0.2) is 0 Å². The van der Waals surface area contributed by atoms with E-state index in [1.165, 1.54) is 16.9 Å². The van der Waals surface area contributed by atoms with Gasteiger partial charge in [0.2, 0.25) is 0 Å². The van der Waals surface area contributed by atoms with Crippen molar-refractivity contribution in [2.75, 3.05) is 13.2 Å². The van der Waals surface area contributed by atoms with Crippen LogP contribution in [0.2, 0.25) is 0 Å². The molecule has 0 saturated carbocycles. The van der Waals surface area contributed by atoms with Gasteiger partial charge in [-0.05, 0) is 36.6 Å². The van der Waals surface area contributed by atoms with Crippen molar-refractivity contribution >= 4 is 29.0 Å². The zero-order chi connectivity index (χ0) is 18.5. The molecule has 0 spiro atoms. The SMILES string of the molecule is Cc1ccc(C(=O)CCC(=O)OCC(=O)N2CCc3ccccc3C2)s1. The largest absolute Gasteiger partial charge is 0.456 e. The van der Waals surface area contributed by atoms with Crippen molar-refractivity contribution in [3.63, 3.8) is 0 Å². The second kappa shape index (κ2) is 8.27. The molecule has 0 N–H and O–H groups in total. The molecule has 1 aliphatic heterocycles. The van der Waals surface area contributed by atoms with E-state index in [0.29, 0.717) is 18.0 Å². The molecule has 0 unspecified atom stereocenters. The highest BCUT2D eigenvalue weighted by atomic mass is 32.1. The van der Waals surface area contributed by atoms with Gasteiger partial charge in [0.25, 0.3) is 5.91 Å². The fourth-order valence-corrected chi connectivity index (χ4v) is 3.77. The number of amides is 1. The van der Waals surface area contributed by atoms with Crippen LogP contribution in [0.3, 0.4) is 0 Å². The van der Waals surface area contributed by atoms with E-state index in [2.05, 4.69) is 6.07 Å². The van der Waals surface area contributed by atoms with Crippen molar-refractivity contribution in [3.05, 3.63) is 57.3 Å². The average molecular weight is 371 g/mol. The summed E-state index contributed by atoms with van der Waals surface area (Å²) in [6.45, 7) is 2.83. The first kappa shape index (κ1) is 18.3. The second-order valence-corrected chi connectivity index (χ2v) is 7.62. The molecule has 0 saturated heterocycles. The number of esters is 1. The summed E-state index contributed by atoms with van der Waals surface area (Å²) in [7, 11) is 0. The van der Waals surface area contributed by atoms with E-state index in [-0.39, 0.29) is 31.1 Å².